The highest BCUT2D eigenvalue weighted by Crippen LogP contribution is 2.16. The summed E-state index contributed by atoms with van der Waals surface area (Å²) < 4.78 is 10.7. The van der Waals surface area contributed by atoms with Crippen LogP contribution in [0.5, 0.6) is 5.75 Å². The van der Waals surface area contributed by atoms with Gasteiger partial charge in [0, 0.05) is 12.7 Å². The van der Waals surface area contributed by atoms with Gasteiger partial charge in [0.25, 0.3) is 5.91 Å². The van der Waals surface area contributed by atoms with Crippen molar-refractivity contribution in [2.45, 2.75) is 26.1 Å². The van der Waals surface area contributed by atoms with Crippen molar-refractivity contribution in [1.82, 2.24) is 0 Å². The van der Waals surface area contributed by atoms with Gasteiger partial charge in [0.1, 0.15) is 5.75 Å². The first-order valence-corrected chi connectivity index (χ1v) is 8.12. The number of hydrogen-bond acceptors (Lipinski definition) is 5. The van der Waals surface area contributed by atoms with Gasteiger partial charge in [0.2, 0.25) is 0 Å². The van der Waals surface area contributed by atoms with E-state index in [-0.39, 0.29) is 5.91 Å². The second-order valence-corrected chi connectivity index (χ2v) is 5.71. The molecule has 2 aromatic carbocycles. The second kappa shape index (κ2) is 8.67. The first-order chi connectivity index (χ1) is 12.4. The predicted molar refractivity (Wildman–Crippen MR) is 96.7 cm³/mol. The first-order valence-electron chi connectivity index (χ1n) is 8.12. The normalized spacial score (nSPS) is 12.4. The zero-order valence-electron chi connectivity index (χ0n) is 14.9. The standard InChI is InChI=1S/C20H20N2O4/c1-14(19(23)22(3)17-7-5-4-6-8-17)26-20(24)15(2)25-18-11-9-16(13-21)10-12-18/h4-12,14-15H,1-3H3/t14-,15+/m1/s1. The monoisotopic (exact) mass is 352 g/mol. The van der Waals surface area contributed by atoms with Crippen molar-refractivity contribution < 1.29 is 19.1 Å². The number of carbonyl (C=O) groups is 2. The van der Waals surface area contributed by atoms with Crippen molar-refractivity contribution in [2.24, 2.45) is 0 Å². The molecule has 2 atom stereocenters. The number of benzene rings is 2. The van der Waals surface area contributed by atoms with E-state index in [4.69, 9.17) is 14.7 Å². The average molecular weight is 352 g/mol. The van der Waals surface area contributed by atoms with E-state index in [1.807, 2.05) is 24.3 Å². The van der Waals surface area contributed by atoms with Crippen molar-refractivity contribution in [2.75, 3.05) is 11.9 Å². The van der Waals surface area contributed by atoms with Crippen LogP contribution in [-0.2, 0) is 14.3 Å². The molecule has 0 heterocycles. The van der Waals surface area contributed by atoms with Crippen LogP contribution in [0.25, 0.3) is 0 Å². The average Bonchev–Trinajstić information content (AvgIpc) is 2.67. The van der Waals surface area contributed by atoms with Crippen molar-refractivity contribution in [3.05, 3.63) is 60.2 Å². The summed E-state index contributed by atoms with van der Waals surface area (Å²) in [5.74, 6) is -0.541. The molecule has 6 nitrogen and oxygen atoms in total. The Morgan fingerprint density at radius 2 is 1.62 bits per heavy atom. The molecule has 0 unspecified atom stereocenters. The molecular weight excluding hydrogens is 332 g/mol. The fourth-order valence-corrected chi connectivity index (χ4v) is 2.23. The summed E-state index contributed by atoms with van der Waals surface area (Å²) in [5.41, 5.74) is 1.21. The van der Waals surface area contributed by atoms with E-state index >= 15 is 0 Å². The maximum Gasteiger partial charge on any atom is 0.347 e. The van der Waals surface area contributed by atoms with Crippen molar-refractivity contribution in [1.29, 1.82) is 5.26 Å². The molecule has 1 amide bonds. The van der Waals surface area contributed by atoms with Gasteiger partial charge in [-0.15, -0.1) is 0 Å². The number of esters is 1. The van der Waals surface area contributed by atoms with Crippen LogP contribution >= 0.6 is 0 Å². The van der Waals surface area contributed by atoms with Crippen LogP contribution in [-0.4, -0.2) is 31.1 Å². The summed E-state index contributed by atoms with van der Waals surface area (Å²) in [5, 5.41) is 8.78. The Morgan fingerprint density at radius 3 is 2.19 bits per heavy atom. The number of ether oxygens (including phenoxy) is 2. The van der Waals surface area contributed by atoms with Gasteiger partial charge in [-0.05, 0) is 50.2 Å². The largest absolute Gasteiger partial charge is 0.479 e. The molecular formula is C20H20N2O4. The van der Waals surface area contributed by atoms with Gasteiger partial charge in [0.15, 0.2) is 12.2 Å². The van der Waals surface area contributed by atoms with Crippen molar-refractivity contribution in [3.63, 3.8) is 0 Å². The van der Waals surface area contributed by atoms with Gasteiger partial charge >= 0.3 is 5.97 Å². The smallest absolute Gasteiger partial charge is 0.347 e. The second-order valence-electron chi connectivity index (χ2n) is 5.71. The Labute approximate surface area is 152 Å². The van der Waals surface area contributed by atoms with Crippen LogP contribution in [0.3, 0.4) is 0 Å². The zero-order valence-corrected chi connectivity index (χ0v) is 14.9. The maximum absolute atomic E-state index is 12.4. The maximum atomic E-state index is 12.4. The lowest BCUT2D eigenvalue weighted by atomic mass is 10.2. The molecule has 0 spiro atoms. The fourth-order valence-electron chi connectivity index (χ4n) is 2.23. The van der Waals surface area contributed by atoms with Gasteiger partial charge in [-0.1, -0.05) is 18.2 Å². The third kappa shape index (κ3) is 4.84. The van der Waals surface area contributed by atoms with E-state index < -0.39 is 18.2 Å². The number of likely N-dealkylation sites (N-methyl/N-ethyl adjacent to an activating group) is 1. The predicted octanol–water partition coefficient (Wildman–Crippen LogP) is 2.92. The van der Waals surface area contributed by atoms with Gasteiger partial charge in [-0.3, -0.25) is 4.79 Å². The number of para-hydroxylation sites is 1. The summed E-state index contributed by atoms with van der Waals surface area (Å²) in [6.07, 6.45) is -1.83. The lowest BCUT2D eigenvalue weighted by Gasteiger charge is -2.22. The van der Waals surface area contributed by atoms with Crippen LogP contribution in [0.2, 0.25) is 0 Å². The lowest BCUT2D eigenvalue weighted by molar-refractivity contribution is -0.160. The van der Waals surface area contributed by atoms with Gasteiger partial charge in [0.05, 0.1) is 11.6 Å². The number of nitriles is 1. The van der Waals surface area contributed by atoms with Gasteiger partial charge in [-0.2, -0.15) is 5.26 Å². The number of rotatable bonds is 6. The van der Waals surface area contributed by atoms with Crippen LogP contribution < -0.4 is 9.64 Å². The SMILES string of the molecule is C[C@H](Oc1ccc(C#N)cc1)C(=O)O[C@H](C)C(=O)N(C)c1ccccc1. The molecule has 0 radical (unpaired) electrons. The van der Waals surface area contributed by atoms with Crippen LogP contribution in [0.15, 0.2) is 54.6 Å². The third-order valence-electron chi connectivity index (χ3n) is 3.74. The molecule has 2 rings (SSSR count). The summed E-state index contributed by atoms with van der Waals surface area (Å²) in [6, 6.07) is 17.5. The summed E-state index contributed by atoms with van der Waals surface area (Å²) in [4.78, 5) is 26.0. The molecule has 0 fully saturated rings. The molecule has 0 aliphatic heterocycles. The van der Waals surface area contributed by atoms with E-state index in [9.17, 15) is 9.59 Å². The zero-order chi connectivity index (χ0) is 19.1. The minimum atomic E-state index is -0.945. The molecule has 0 aliphatic rings. The number of amides is 1. The Kier molecular flexibility index (Phi) is 6.34. The van der Waals surface area contributed by atoms with E-state index in [2.05, 4.69) is 0 Å². The topological polar surface area (TPSA) is 79.6 Å². The number of carbonyl (C=O) groups excluding carboxylic acids is 2. The molecule has 0 aliphatic carbocycles. The Bertz CT molecular complexity index is 797. The van der Waals surface area contributed by atoms with Gasteiger partial charge < -0.3 is 14.4 Å². The van der Waals surface area contributed by atoms with Crippen molar-refractivity contribution in [3.8, 4) is 11.8 Å². The van der Waals surface area contributed by atoms with E-state index in [0.29, 0.717) is 17.0 Å². The quantitative estimate of drug-likeness (QED) is 0.747. The Balaban J connectivity index is 1.92. The van der Waals surface area contributed by atoms with Crippen LogP contribution in [0.1, 0.15) is 19.4 Å². The first kappa shape index (κ1) is 19.0. The Hall–Kier alpha value is -3.33. The summed E-state index contributed by atoms with van der Waals surface area (Å²) >= 11 is 0. The highest BCUT2D eigenvalue weighted by Gasteiger charge is 2.25. The Morgan fingerprint density at radius 1 is 1.00 bits per heavy atom. The van der Waals surface area contributed by atoms with E-state index in [1.165, 1.54) is 11.8 Å². The lowest BCUT2D eigenvalue weighted by Crippen LogP contribution is -2.40. The molecule has 134 valence electrons. The number of hydrogen-bond donors (Lipinski definition) is 0. The van der Waals surface area contributed by atoms with E-state index in [1.54, 1.807) is 50.4 Å². The minimum absolute atomic E-state index is 0.338. The molecule has 0 bridgehead atoms. The summed E-state index contributed by atoms with van der Waals surface area (Å²) in [7, 11) is 1.62. The number of nitrogens with zero attached hydrogens (tertiary/aromatic N) is 2. The highest BCUT2D eigenvalue weighted by molar-refractivity contribution is 5.97. The molecule has 26 heavy (non-hydrogen) atoms. The molecule has 6 heteroatoms. The molecule has 0 aromatic heterocycles. The molecule has 2 aromatic rings. The van der Waals surface area contributed by atoms with Crippen molar-refractivity contribution >= 4 is 17.6 Å². The molecule has 0 N–H and O–H groups in total. The van der Waals surface area contributed by atoms with Crippen LogP contribution in [0.4, 0.5) is 5.69 Å². The highest BCUT2D eigenvalue weighted by atomic mass is 16.6. The van der Waals surface area contributed by atoms with Gasteiger partial charge in [-0.25, -0.2) is 4.79 Å². The molecule has 0 saturated heterocycles. The fraction of sp³-hybridized carbons (Fsp3) is 0.250. The third-order valence-corrected chi connectivity index (χ3v) is 3.74. The van der Waals surface area contributed by atoms with Crippen LogP contribution in [0, 0.1) is 11.3 Å². The summed E-state index contributed by atoms with van der Waals surface area (Å²) in [6.45, 7) is 3.06. The number of anilines is 1. The molecule has 0 saturated carbocycles. The minimum Gasteiger partial charge on any atom is -0.479 e. The van der Waals surface area contributed by atoms with E-state index in [0.717, 1.165) is 0 Å².